The van der Waals surface area contributed by atoms with Gasteiger partial charge in [0.15, 0.2) is 0 Å². The fourth-order valence-corrected chi connectivity index (χ4v) is 3.11. The summed E-state index contributed by atoms with van der Waals surface area (Å²) in [7, 11) is 1.83. The number of anilines is 1. The Hall–Kier alpha value is -0.750. The molecule has 1 aromatic carbocycles. The van der Waals surface area contributed by atoms with Crippen molar-refractivity contribution in [3.63, 3.8) is 0 Å². The molecule has 1 saturated heterocycles. The second kappa shape index (κ2) is 6.35. The first-order valence-corrected chi connectivity index (χ1v) is 7.51. The van der Waals surface area contributed by atoms with Crippen LogP contribution in [-0.2, 0) is 6.18 Å². The molecule has 0 radical (unpaired) electrons. The van der Waals surface area contributed by atoms with Gasteiger partial charge >= 0.3 is 6.18 Å². The van der Waals surface area contributed by atoms with Crippen LogP contribution in [0.1, 0.15) is 24.8 Å². The zero-order chi connectivity index (χ0) is 14.8. The average molecular weight is 351 g/mol. The first kappa shape index (κ1) is 15.6. The quantitative estimate of drug-likeness (QED) is 0.884. The maximum Gasteiger partial charge on any atom is 0.418 e. The van der Waals surface area contributed by atoms with E-state index in [1.807, 2.05) is 11.9 Å². The first-order valence-electron chi connectivity index (χ1n) is 6.71. The van der Waals surface area contributed by atoms with Crippen LogP contribution in [-0.4, -0.2) is 26.2 Å². The van der Waals surface area contributed by atoms with Gasteiger partial charge in [-0.2, -0.15) is 13.2 Å². The molecule has 1 unspecified atom stereocenters. The summed E-state index contributed by atoms with van der Waals surface area (Å²) in [6, 6.07) is 4.53. The Morgan fingerprint density at radius 1 is 1.35 bits per heavy atom. The van der Waals surface area contributed by atoms with Crippen molar-refractivity contribution in [2.45, 2.75) is 31.5 Å². The highest BCUT2D eigenvalue weighted by atomic mass is 79.9. The number of nitrogens with one attached hydrogen (secondary N) is 1. The number of hydrogen-bond acceptors (Lipinski definition) is 2. The van der Waals surface area contributed by atoms with E-state index in [9.17, 15) is 13.2 Å². The molecule has 0 aromatic heterocycles. The molecule has 2 rings (SSSR count). The minimum atomic E-state index is -4.33. The molecule has 0 amide bonds. The summed E-state index contributed by atoms with van der Waals surface area (Å²) in [5.74, 6) is 0. The molecular weight excluding hydrogens is 333 g/mol. The predicted molar refractivity (Wildman–Crippen MR) is 78.1 cm³/mol. The monoisotopic (exact) mass is 350 g/mol. The van der Waals surface area contributed by atoms with Crippen LogP contribution in [0.4, 0.5) is 18.9 Å². The van der Waals surface area contributed by atoms with Gasteiger partial charge in [0.2, 0.25) is 0 Å². The minimum absolute atomic E-state index is 0.121. The van der Waals surface area contributed by atoms with Crippen LogP contribution in [0.15, 0.2) is 22.7 Å². The van der Waals surface area contributed by atoms with Crippen molar-refractivity contribution in [3.8, 4) is 0 Å². The third-order valence-corrected chi connectivity index (χ3v) is 4.13. The van der Waals surface area contributed by atoms with Gasteiger partial charge in [-0.3, -0.25) is 0 Å². The molecule has 112 valence electrons. The lowest BCUT2D eigenvalue weighted by molar-refractivity contribution is -0.137. The lowest BCUT2D eigenvalue weighted by Gasteiger charge is -2.39. The molecule has 0 bridgehead atoms. The third-order valence-electron chi connectivity index (χ3n) is 3.64. The van der Waals surface area contributed by atoms with Crippen LogP contribution in [0, 0.1) is 0 Å². The maximum atomic E-state index is 13.2. The van der Waals surface area contributed by atoms with E-state index in [1.165, 1.54) is 6.07 Å². The van der Waals surface area contributed by atoms with E-state index in [4.69, 9.17) is 0 Å². The van der Waals surface area contributed by atoms with Crippen molar-refractivity contribution in [1.82, 2.24) is 5.32 Å². The molecule has 2 nitrogen and oxygen atoms in total. The minimum Gasteiger partial charge on any atom is -0.367 e. The van der Waals surface area contributed by atoms with Gasteiger partial charge in [-0.25, -0.2) is 0 Å². The average Bonchev–Trinajstić information content (AvgIpc) is 2.39. The number of alkyl halides is 3. The second-order valence-corrected chi connectivity index (χ2v) is 5.98. The first-order chi connectivity index (χ1) is 9.43. The highest BCUT2D eigenvalue weighted by Gasteiger charge is 2.36. The fourth-order valence-electron chi connectivity index (χ4n) is 2.75. The number of piperidine rings is 1. The van der Waals surface area contributed by atoms with Crippen molar-refractivity contribution in [3.05, 3.63) is 28.2 Å². The lowest BCUT2D eigenvalue weighted by Crippen LogP contribution is -2.45. The summed E-state index contributed by atoms with van der Waals surface area (Å²) < 4.78 is 40.2. The number of nitrogens with zero attached hydrogens (tertiary/aromatic N) is 1. The smallest absolute Gasteiger partial charge is 0.367 e. The predicted octanol–water partition coefficient (Wildman–Crippen LogP) is 4.05. The normalized spacial score (nSPS) is 20.2. The van der Waals surface area contributed by atoms with Crippen molar-refractivity contribution < 1.29 is 13.2 Å². The summed E-state index contributed by atoms with van der Waals surface area (Å²) in [4.78, 5) is 1.90. The lowest BCUT2D eigenvalue weighted by atomic mass is 9.99. The van der Waals surface area contributed by atoms with Crippen LogP contribution in [0.25, 0.3) is 0 Å². The maximum absolute atomic E-state index is 13.2. The molecule has 1 atom stereocenters. The number of hydrogen-bond donors (Lipinski definition) is 1. The summed E-state index contributed by atoms with van der Waals surface area (Å²) in [5.41, 5.74) is -0.268. The summed E-state index contributed by atoms with van der Waals surface area (Å²) in [6.07, 6.45) is -1.40. The van der Waals surface area contributed by atoms with E-state index in [-0.39, 0.29) is 6.04 Å². The van der Waals surface area contributed by atoms with Gasteiger partial charge in [0, 0.05) is 29.3 Å². The molecule has 1 heterocycles. The summed E-state index contributed by atoms with van der Waals surface area (Å²) in [6.45, 7) is 1.38. The molecule has 1 aliphatic rings. The van der Waals surface area contributed by atoms with Gasteiger partial charge in [-0.15, -0.1) is 0 Å². The Balaban J connectivity index is 2.39. The van der Waals surface area contributed by atoms with E-state index in [0.717, 1.165) is 19.3 Å². The number of halogens is 4. The highest BCUT2D eigenvalue weighted by molar-refractivity contribution is 9.10. The molecule has 1 N–H and O–H groups in total. The van der Waals surface area contributed by atoms with Crippen LogP contribution >= 0.6 is 15.9 Å². The zero-order valence-corrected chi connectivity index (χ0v) is 12.9. The SMILES string of the molecule is CNCC1CCCCN1c1ccc(Br)cc1C(F)(F)F. The second-order valence-electron chi connectivity index (χ2n) is 5.06. The Bertz CT molecular complexity index is 460. The van der Waals surface area contributed by atoms with Crippen molar-refractivity contribution in [2.24, 2.45) is 0 Å². The number of likely N-dealkylation sites (N-methyl/N-ethyl adjacent to an activating group) is 1. The molecule has 20 heavy (non-hydrogen) atoms. The largest absolute Gasteiger partial charge is 0.418 e. The molecule has 6 heteroatoms. The van der Waals surface area contributed by atoms with E-state index in [0.29, 0.717) is 23.2 Å². The Labute approximate surface area is 125 Å². The van der Waals surface area contributed by atoms with Gasteiger partial charge < -0.3 is 10.2 Å². The summed E-state index contributed by atoms with van der Waals surface area (Å²) >= 11 is 3.13. The van der Waals surface area contributed by atoms with Gasteiger partial charge in [0.05, 0.1) is 5.56 Å². The van der Waals surface area contributed by atoms with E-state index in [1.54, 1.807) is 12.1 Å². The van der Waals surface area contributed by atoms with Gasteiger partial charge in [-0.05, 0) is 44.5 Å². The Kier molecular flexibility index (Phi) is 4.96. The zero-order valence-electron chi connectivity index (χ0n) is 11.3. The molecule has 1 aromatic rings. The van der Waals surface area contributed by atoms with Crippen LogP contribution in [0.5, 0.6) is 0 Å². The fraction of sp³-hybridized carbons (Fsp3) is 0.571. The van der Waals surface area contributed by atoms with Gasteiger partial charge in [0.25, 0.3) is 0 Å². The molecule has 1 aliphatic heterocycles. The molecule has 1 fully saturated rings. The van der Waals surface area contributed by atoms with E-state index < -0.39 is 11.7 Å². The Morgan fingerprint density at radius 2 is 2.10 bits per heavy atom. The highest BCUT2D eigenvalue weighted by Crippen LogP contribution is 2.40. The van der Waals surface area contributed by atoms with E-state index >= 15 is 0 Å². The van der Waals surface area contributed by atoms with Crippen LogP contribution in [0.2, 0.25) is 0 Å². The number of rotatable bonds is 3. The van der Waals surface area contributed by atoms with Crippen LogP contribution in [0.3, 0.4) is 0 Å². The van der Waals surface area contributed by atoms with E-state index in [2.05, 4.69) is 21.2 Å². The standard InChI is InChI=1S/C14H18BrF3N2/c1-19-9-11-4-2-3-7-20(11)13-6-5-10(15)8-12(13)14(16,17)18/h5-6,8,11,19H,2-4,7,9H2,1H3. The topological polar surface area (TPSA) is 15.3 Å². The number of benzene rings is 1. The molecular formula is C14H18BrF3N2. The van der Waals surface area contributed by atoms with Gasteiger partial charge in [0.1, 0.15) is 0 Å². The van der Waals surface area contributed by atoms with Crippen molar-refractivity contribution >= 4 is 21.6 Å². The van der Waals surface area contributed by atoms with Gasteiger partial charge in [-0.1, -0.05) is 15.9 Å². The van der Waals surface area contributed by atoms with Crippen molar-refractivity contribution in [2.75, 3.05) is 25.0 Å². The molecule has 0 aliphatic carbocycles. The third kappa shape index (κ3) is 3.47. The summed E-state index contributed by atoms with van der Waals surface area (Å²) in [5, 5.41) is 3.07. The van der Waals surface area contributed by atoms with Crippen molar-refractivity contribution in [1.29, 1.82) is 0 Å². The molecule has 0 spiro atoms. The molecule has 0 saturated carbocycles. The Morgan fingerprint density at radius 3 is 2.75 bits per heavy atom. The van der Waals surface area contributed by atoms with Crippen LogP contribution < -0.4 is 10.2 Å².